The molecule has 0 aromatic rings. The minimum atomic E-state index is -2.70. The van der Waals surface area contributed by atoms with Gasteiger partial charge in [0.2, 0.25) is 0 Å². The van der Waals surface area contributed by atoms with Crippen LogP contribution in [-0.4, -0.2) is 13.2 Å². The average molecular weight is 317 g/mol. The summed E-state index contributed by atoms with van der Waals surface area (Å²) < 4.78 is 15.7. The van der Waals surface area contributed by atoms with Crippen LogP contribution in [0, 0.1) is 0 Å². The van der Waals surface area contributed by atoms with E-state index in [4.69, 9.17) is 36.8 Å². The summed E-state index contributed by atoms with van der Waals surface area (Å²) in [5.74, 6) is 0. The highest BCUT2D eigenvalue weighted by molar-refractivity contribution is 8.07. The number of hydrogen-bond donors (Lipinski definition) is 0. The highest BCUT2D eigenvalue weighted by Gasteiger charge is 2.19. The third-order valence-electron chi connectivity index (χ3n) is 2.58. The summed E-state index contributed by atoms with van der Waals surface area (Å²) in [6, 6.07) is 0. The second kappa shape index (κ2) is 12.8. The lowest BCUT2D eigenvalue weighted by Crippen LogP contribution is -1.99. The Hall–Kier alpha value is 0.820. The van der Waals surface area contributed by atoms with Crippen LogP contribution >= 0.6 is 18.6 Å². The lowest BCUT2D eigenvalue weighted by molar-refractivity contribution is 0.199. The number of halogens is 1. The van der Waals surface area contributed by atoms with Crippen LogP contribution in [0.25, 0.3) is 0 Å². The number of rotatable bonds is 13. The maximum Gasteiger partial charge on any atom is 0.343 e. The number of hydrogen-bond acceptors (Lipinski definition) is 4. The minimum Gasteiger partial charge on any atom is -0.308 e. The third kappa shape index (κ3) is 10.7. The van der Waals surface area contributed by atoms with Gasteiger partial charge in [0, 0.05) is 0 Å². The second-order valence-corrected chi connectivity index (χ2v) is 7.61. The van der Waals surface area contributed by atoms with E-state index in [1.54, 1.807) is 0 Å². The van der Waals surface area contributed by atoms with Crippen LogP contribution in [0.4, 0.5) is 0 Å². The van der Waals surface area contributed by atoms with Gasteiger partial charge in [-0.25, -0.2) is 0 Å². The van der Waals surface area contributed by atoms with E-state index in [2.05, 4.69) is 13.8 Å². The fraction of sp³-hybridized carbons (Fsp3) is 1.00. The molecule has 0 aromatic heterocycles. The summed E-state index contributed by atoms with van der Waals surface area (Å²) in [5.41, 5.74) is 0. The van der Waals surface area contributed by atoms with Crippen molar-refractivity contribution < 1.29 is 13.1 Å². The normalized spacial score (nSPS) is 11.9. The second-order valence-electron chi connectivity index (χ2n) is 4.30. The van der Waals surface area contributed by atoms with Crippen LogP contribution in [-0.2, 0) is 24.9 Å². The summed E-state index contributed by atoms with van der Waals surface area (Å²) in [5, 5.41) is 0. The van der Waals surface area contributed by atoms with Crippen LogP contribution in [0.15, 0.2) is 0 Å². The molecule has 6 heteroatoms. The zero-order chi connectivity index (χ0) is 13.7. The SMILES string of the molecule is CCCCCCOP(=S)(OCl)OCCCCCC. The Morgan fingerprint density at radius 3 is 1.61 bits per heavy atom. The van der Waals surface area contributed by atoms with E-state index in [0.29, 0.717) is 13.2 Å². The molecule has 0 atom stereocenters. The molecule has 0 fully saturated rings. The zero-order valence-electron chi connectivity index (χ0n) is 11.5. The van der Waals surface area contributed by atoms with E-state index in [1.807, 2.05) is 0 Å². The third-order valence-corrected chi connectivity index (χ3v) is 5.39. The molecular weight excluding hydrogens is 291 g/mol. The van der Waals surface area contributed by atoms with Gasteiger partial charge in [-0.05, 0) is 24.6 Å². The largest absolute Gasteiger partial charge is 0.343 e. The summed E-state index contributed by atoms with van der Waals surface area (Å²) in [6.07, 6.45) is 9.08. The molecule has 0 spiro atoms. The van der Waals surface area contributed by atoms with Gasteiger partial charge >= 0.3 is 6.72 Å². The maximum atomic E-state index is 5.48. The van der Waals surface area contributed by atoms with Crippen molar-refractivity contribution in [3.05, 3.63) is 0 Å². The van der Waals surface area contributed by atoms with E-state index in [1.165, 1.54) is 25.7 Å². The quantitative estimate of drug-likeness (QED) is 0.328. The van der Waals surface area contributed by atoms with Crippen molar-refractivity contribution in [3.63, 3.8) is 0 Å². The summed E-state index contributed by atoms with van der Waals surface area (Å²) >= 11 is 10.6. The maximum absolute atomic E-state index is 5.48. The smallest absolute Gasteiger partial charge is 0.308 e. The van der Waals surface area contributed by atoms with E-state index < -0.39 is 6.72 Å². The Morgan fingerprint density at radius 2 is 1.28 bits per heavy atom. The fourth-order valence-corrected chi connectivity index (χ4v) is 3.03. The first-order valence-corrected chi connectivity index (χ1v) is 9.74. The fourth-order valence-electron chi connectivity index (χ4n) is 1.49. The predicted molar refractivity (Wildman–Crippen MR) is 81.4 cm³/mol. The predicted octanol–water partition coefficient (Wildman–Crippen LogP) is 5.58. The lowest BCUT2D eigenvalue weighted by Gasteiger charge is -2.17. The van der Waals surface area contributed by atoms with Gasteiger partial charge in [-0.2, -0.15) is 4.08 Å². The topological polar surface area (TPSA) is 27.7 Å². The van der Waals surface area contributed by atoms with Crippen molar-refractivity contribution in [1.82, 2.24) is 0 Å². The van der Waals surface area contributed by atoms with Gasteiger partial charge in [0.05, 0.1) is 25.1 Å². The molecule has 0 radical (unpaired) electrons. The van der Waals surface area contributed by atoms with Crippen molar-refractivity contribution in [3.8, 4) is 0 Å². The Bertz CT molecular complexity index is 211. The van der Waals surface area contributed by atoms with Gasteiger partial charge in [0.1, 0.15) is 0 Å². The van der Waals surface area contributed by atoms with Gasteiger partial charge in [-0.15, -0.1) is 0 Å². The molecule has 0 unspecified atom stereocenters. The first-order valence-electron chi connectivity index (χ1n) is 6.88. The summed E-state index contributed by atoms with van der Waals surface area (Å²) in [7, 11) is 0. The number of unbranched alkanes of at least 4 members (excludes halogenated alkanes) is 6. The standard InChI is InChI=1S/C12H26ClO3PS/c1-3-5-7-9-11-14-17(18,16-13)15-12-10-8-6-4-2/h3-12H2,1-2H3. The zero-order valence-corrected chi connectivity index (χ0v) is 14.0. The lowest BCUT2D eigenvalue weighted by atomic mass is 10.2. The molecule has 110 valence electrons. The van der Waals surface area contributed by atoms with Gasteiger partial charge in [-0.3, -0.25) is 0 Å². The van der Waals surface area contributed by atoms with Gasteiger partial charge in [0.25, 0.3) is 0 Å². The molecule has 0 saturated heterocycles. The Kier molecular flexibility index (Phi) is 13.4. The van der Waals surface area contributed by atoms with Gasteiger partial charge in [-0.1, -0.05) is 52.4 Å². The molecule has 0 aromatic carbocycles. The Morgan fingerprint density at radius 1 is 0.833 bits per heavy atom. The van der Waals surface area contributed by atoms with Gasteiger partial charge < -0.3 is 9.05 Å². The molecule has 18 heavy (non-hydrogen) atoms. The molecule has 0 N–H and O–H groups in total. The molecule has 0 saturated carbocycles. The summed E-state index contributed by atoms with van der Waals surface area (Å²) in [6.45, 7) is 2.78. The Balaban J connectivity index is 3.64. The molecule has 0 bridgehead atoms. The first kappa shape index (κ1) is 18.8. The van der Waals surface area contributed by atoms with E-state index >= 15 is 0 Å². The summed E-state index contributed by atoms with van der Waals surface area (Å²) in [4.78, 5) is 0. The molecule has 0 rings (SSSR count). The van der Waals surface area contributed by atoms with Crippen LogP contribution in [0.2, 0.25) is 0 Å². The van der Waals surface area contributed by atoms with Crippen LogP contribution in [0.5, 0.6) is 0 Å². The van der Waals surface area contributed by atoms with Crippen molar-refractivity contribution in [2.75, 3.05) is 13.2 Å². The van der Waals surface area contributed by atoms with Crippen molar-refractivity contribution >= 4 is 30.4 Å². The van der Waals surface area contributed by atoms with Crippen molar-refractivity contribution in [2.24, 2.45) is 0 Å². The minimum absolute atomic E-state index is 0.568. The van der Waals surface area contributed by atoms with Crippen molar-refractivity contribution in [2.45, 2.75) is 65.2 Å². The molecule has 0 aliphatic rings. The van der Waals surface area contributed by atoms with Crippen molar-refractivity contribution in [1.29, 1.82) is 0 Å². The molecule has 0 amide bonds. The molecule has 0 aliphatic heterocycles. The van der Waals surface area contributed by atoms with Crippen LogP contribution in [0.1, 0.15) is 65.2 Å². The average Bonchev–Trinajstić information content (AvgIpc) is 2.38. The monoisotopic (exact) mass is 316 g/mol. The van der Waals surface area contributed by atoms with Crippen LogP contribution < -0.4 is 0 Å². The molecular formula is C12H26ClO3PS. The highest BCUT2D eigenvalue weighted by Crippen LogP contribution is 2.51. The highest BCUT2D eigenvalue weighted by atomic mass is 35.5. The Labute approximate surface area is 122 Å². The molecule has 0 heterocycles. The van der Waals surface area contributed by atoms with Crippen LogP contribution in [0.3, 0.4) is 0 Å². The molecule has 3 nitrogen and oxygen atoms in total. The van der Waals surface area contributed by atoms with E-state index in [-0.39, 0.29) is 0 Å². The molecule has 0 aliphatic carbocycles. The van der Waals surface area contributed by atoms with Gasteiger partial charge in [0.15, 0.2) is 0 Å². The first-order chi connectivity index (χ1) is 8.68. The van der Waals surface area contributed by atoms with E-state index in [0.717, 1.165) is 25.7 Å². The van der Waals surface area contributed by atoms with E-state index in [9.17, 15) is 0 Å².